The van der Waals surface area contributed by atoms with Crippen molar-refractivity contribution >= 4 is 23.4 Å². The lowest BCUT2D eigenvalue weighted by atomic mass is 10.2. The predicted octanol–water partition coefficient (Wildman–Crippen LogP) is 2.91. The molecule has 5 heteroatoms. The van der Waals surface area contributed by atoms with Gasteiger partial charge >= 0.3 is 0 Å². The molecule has 0 aliphatic heterocycles. The molecule has 0 radical (unpaired) electrons. The number of amides is 1. The molecule has 2 aromatic rings. The average molecular weight is 301 g/mol. The van der Waals surface area contributed by atoms with Crippen molar-refractivity contribution in [2.45, 2.75) is 17.2 Å². The van der Waals surface area contributed by atoms with Gasteiger partial charge in [0.05, 0.1) is 6.20 Å². The number of hydrogen-bond acceptors (Lipinski definition) is 3. The molecule has 0 bridgehead atoms. The van der Waals surface area contributed by atoms with Crippen LogP contribution in [0.15, 0.2) is 41.6 Å². The summed E-state index contributed by atoms with van der Waals surface area (Å²) >= 11 is 1.69. The fourth-order valence-corrected chi connectivity index (χ4v) is 3.12. The van der Waals surface area contributed by atoms with Crippen molar-refractivity contribution in [1.82, 2.24) is 9.78 Å². The van der Waals surface area contributed by atoms with Crippen molar-refractivity contribution in [3.63, 3.8) is 0 Å². The Kier molecular flexibility index (Phi) is 3.76. The van der Waals surface area contributed by atoms with E-state index in [0.29, 0.717) is 5.92 Å². The quantitative estimate of drug-likeness (QED) is 0.815. The average Bonchev–Trinajstić information content (AvgIpc) is 3.20. The molecule has 1 amide bonds. The van der Waals surface area contributed by atoms with Crippen LogP contribution in [0.5, 0.6) is 0 Å². The number of thioether (sulfide) groups is 1. The minimum atomic E-state index is 0.0946. The first-order chi connectivity index (χ1) is 10.1. The lowest BCUT2D eigenvalue weighted by molar-refractivity contribution is -0.119. The van der Waals surface area contributed by atoms with Gasteiger partial charge in [-0.25, -0.2) is 0 Å². The number of aryl methyl sites for hydroxylation is 1. The summed E-state index contributed by atoms with van der Waals surface area (Å²) in [6.07, 6.45) is 6.84. The molecule has 1 fully saturated rings. The summed E-state index contributed by atoms with van der Waals surface area (Å²) in [6, 6.07) is 8.10. The molecule has 1 aromatic heterocycles. The molecule has 1 aliphatic carbocycles. The lowest BCUT2D eigenvalue weighted by Gasteiger charge is -2.18. The van der Waals surface area contributed by atoms with Gasteiger partial charge in [-0.05, 0) is 42.4 Å². The largest absolute Gasteiger partial charge is 0.315 e. The fourth-order valence-electron chi connectivity index (χ4n) is 2.66. The van der Waals surface area contributed by atoms with Gasteiger partial charge in [-0.2, -0.15) is 5.10 Å². The van der Waals surface area contributed by atoms with Crippen LogP contribution in [-0.4, -0.2) is 29.0 Å². The summed E-state index contributed by atoms with van der Waals surface area (Å²) in [6.45, 7) is 0. The first-order valence-corrected chi connectivity index (χ1v) is 8.23. The van der Waals surface area contributed by atoms with Crippen LogP contribution in [0.1, 0.15) is 17.9 Å². The van der Waals surface area contributed by atoms with E-state index in [9.17, 15) is 4.79 Å². The first kappa shape index (κ1) is 14.2. The van der Waals surface area contributed by atoms with Crippen LogP contribution in [0.3, 0.4) is 0 Å². The van der Waals surface area contributed by atoms with Crippen LogP contribution in [-0.2, 0) is 11.8 Å². The summed E-state index contributed by atoms with van der Waals surface area (Å²) < 4.78 is 1.79. The summed E-state index contributed by atoms with van der Waals surface area (Å²) in [5.41, 5.74) is 2.13. The summed E-state index contributed by atoms with van der Waals surface area (Å²) in [7, 11) is 3.77. The molecule has 1 aromatic carbocycles. The second kappa shape index (κ2) is 5.56. The minimum Gasteiger partial charge on any atom is -0.315 e. The standard InChI is InChI=1S/C16H19N3OS/c1-18-10-11(9-17-18)14-8-15(14)16(20)19(2)12-5-4-6-13(7-12)21-3/h4-7,9-10,14-15H,8H2,1-3H3. The Morgan fingerprint density at radius 1 is 1.48 bits per heavy atom. The van der Waals surface area contributed by atoms with Crippen molar-refractivity contribution in [3.8, 4) is 0 Å². The number of carbonyl (C=O) groups is 1. The molecule has 0 spiro atoms. The van der Waals surface area contributed by atoms with Crippen molar-refractivity contribution in [3.05, 3.63) is 42.2 Å². The predicted molar refractivity (Wildman–Crippen MR) is 85.7 cm³/mol. The molecule has 0 N–H and O–H groups in total. The van der Waals surface area contributed by atoms with E-state index in [1.54, 1.807) is 21.3 Å². The Balaban J connectivity index is 1.71. The third-order valence-corrected chi connectivity index (χ3v) is 4.76. The van der Waals surface area contributed by atoms with Gasteiger partial charge in [0.1, 0.15) is 0 Å². The van der Waals surface area contributed by atoms with Gasteiger partial charge in [-0.15, -0.1) is 11.8 Å². The fraction of sp³-hybridized carbons (Fsp3) is 0.375. The molecule has 2 unspecified atom stereocenters. The molecular formula is C16H19N3OS. The Hall–Kier alpha value is -1.75. The second-order valence-corrected chi connectivity index (χ2v) is 6.37. The SMILES string of the molecule is CSc1cccc(N(C)C(=O)C2CC2c2cnn(C)c2)c1. The third kappa shape index (κ3) is 2.83. The Morgan fingerprint density at radius 2 is 2.29 bits per heavy atom. The highest BCUT2D eigenvalue weighted by molar-refractivity contribution is 7.98. The smallest absolute Gasteiger partial charge is 0.230 e. The van der Waals surface area contributed by atoms with Gasteiger partial charge in [0.25, 0.3) is 0 Å². The maximum atomic E-state index is 12.6. The Labute approximate surface area is 129 Å². The topological polar surface area (TPSA) is 38.1 Å². The van der Waals surface area contributed by atoms with Crippen LogP contribution in [0.2, 0.25) is 0 Å². The second-order valence-electron chi connectivity index (χ2n) is 5.49. The normalized spacial score (nSPS) is 20.3. The maximum Gasteiger partial charge on any atom is 0.230 e. The van der Waals surface area contributed by atoms with Gasteiger partial charge in [0.2, 0.25) is 5.91 Å². The Bertz CT molecular complexity index is 667. The summed E-state index contributed by atoms with van der Waals surface area (Å²) in [5, 5.41) is 4.19. The van der Waals surface area contributed by atoms with E-state index < -0.39 is 0 Å². The van der Waals surface area contributed by atoms with E-state index >= 15 is 0 Å². The number of benzene rings is 1. The monoisotopic (exact) mass is 301 g/mol. The number of carbonyl (C=O) groups excluding carboxylic acids is 1. The molecule has 110 valence electrons. The summed E-state index contributed by atoms with van der Waals surface area (Å²) in [4.78, 5) is 15.5. The zero-order chi connectivity index (χ0) is 15.0. The van der Waals surface area contributed by atoms with Crippen molar-refractivity contribution in [2.24, 2.45) is 13.0 Å². The van der Waals surface area contributed by atoms with Crippen LogP contribution < -0.4 is 4.90 Å². The van der Waals surface area contributed by atoms with E-state index in [4.69, 9.17) is 0 Å². The highest BCUT2D eigenvalue weighted by atomic mass is 32.2. The van der Waals surface area contributed by atoms with E-state index in [-0.39, 0.29) is 11.8 Å². The zero-order valence-electron chi connectivity index (χ0n) is 12.5. The number of anilines is 1. The number of nitrogens with zero attached hydrogens (tertiary/aromatic N) is 3. The van der Waals surface area contributed by atoms with Gasteiger partial charge in [-0.3, -0.25) is 9.48 Å². The van der Waals surface area contributed by atoms with Crippen molar-refractivity contribution in [2.75, 3.05) is 18.2 Å². The molecule has 4 nitrogen and oxygen atoms in total. The van der Waals surface area contributed by atoms with E-state index in [0.717, 1.165) is 12.1 Å². The van der Waals surface area contributed by atoms with E-state index in [1.165, 1.54) is 10.5 Å². The molecule has 3 rings (SSSR count). The van der Waals surface area contributed by atoms with Crippen LogP contribution >= 0.6 is 11.8 Å². The molecule has 21 heavy (non-hydrogen) atoms. The van der Waals surface area contributed by atoms with Crippen molar-refractivity contribution < 1.29 is 4.79 Å². The van der Waals surface area contributed by atoms with Crippen LogP contribution in [0.4, 0.5) is 5.69 Å². The molecule has 2 atom stereocenters. The third-order valence-electron chi connectivity index (χ3n) is 4.03. The summed E-state index contributed by atoms with van der Waals surface area (Å²) in [5.74, 6) is 0.622. The number of hydrogen-bond donors (Lipinski definition) is 0. The first-order valence-electron chi connectivity index (χ1n) is 7.00. The minimum absolute atomic E-state index is 0.0946. The maximum absolute atomic E-state index is 12.6. The molecule has 0 saturated heterocycles. The lowest BCUT2D eigenvalue weighted by Crippen LogP contribution is -2.28. The van der Waals surface area contributed by atoms with Crippen molar-refractivity contribution in [1.29, 1.82) is 0 Å². The number of aromatic nitrogens is 2. The van der Waals surface area contributed by atoms with Crippen LogP contribution in [0.25, 0.3) is 0 Å². The highest BCUT2D eigenvalue weighted by Gasteiger charge is 2.46. The molecule has 1 saturated carbocycles. The zero-order valence-corrected chi connectivity index (χ0v) is 13.3. The van der Waals surface area contributed by atoms with Gasteiger partial charge < -0.3 is 4.90 Å². The molecular weight excluding hydrogens is 282 g/mol. The van der Waals surface area contributed by atoms with Gasteiger partial charge in [-0.1, -0.05) is 6.07 Å². The van der Waals surface area contributed by atoms with E-state index in [1.807, 2.05) is 44.9 Å². The van der Waals surface area contributed by atoms with Gasteiger partial charge in [0, 0.05) is 36.8 Å². The number of rotatable bonds is 4. The molecule has 1 aliphatic rings. The Morgan fingerprint density at radius 3 is 2.95 bits per heavy atom. The van der Waals surface area contributed by atoms with E-state index in [2.05, 4.69) is 17.2 Å². The molecule has 1 heterocycles. The van der Waals surface area contributed by atoms with Crippen LogP contribution in [0, 0.1) is 5.92 Å². The van der Waals surface area contributed by atoms with Gasteiger partial charge in [0.15, 0.2) is 0 Å². The highest BCUT2D eigenvalue weighted by Crippen LogP contribution is 2.48.